The molecular weight excluding hydrogens is 931 g/mol. The number of aromatic nitrogens is 13. The fourth-order valence-corrected chi connectivity index (χ4v) is 8.70. The van der Waals surface area contributed by atoms with Crippen LogP contribution in [0.25, 0.3) is 28.4 Å². The molecule has 11 rings (SSSR count). The van der Waals surface area contributed by atoms with Crippen LogP contribution in [0.1, 0.15) is 70.3 Å². The van der Waals surface area contributed by atoms with Crippen LogP contribution in [0.5, 0.6) is 0 Å². The lowest BCUT2D eigenvalue weighted by Gasteiger charge is -2.13. The van der Waals surface area contributed by atoms with Crippen molar-refractivity contribution in [2.75, 3.05) is 31.5 Å². The van der Waals surface area contributed by atoms with Crippen molar-refractivity contribution in [3.8, 4) is 17.5 Å². The van der Waals surface area contributed by atoms with Gasteiger partial charge in [-0.15, -0.1) is 0 Å². The van der Waals surface area contributed by atoms with Crippen LogP contribution >= 0.6 is 34.8 Å². The molecule has 0 radical (unpaired) electrons. The number of aliphatic hydroxyl groups excluding tert-OH is 2. The maximum atomic E-state index is 10.6. The second-order valence-electron chi connectivity index (χ2n) is 17.0. The van der Waals surface area contributed by atoms with Gasteiger partial charge in [-0.3, -0.25) is 14.6 Å². The van der Waals surface area contributed by atoms with Crippen LogP contribution < -0.4 is 5.32 Å². The number of benzene rings is 1. The number of nitrogens with one attached hydrogen (secondary N) is 1. The number of carbonyl (C=O) groups is 1. The molecule has 0 unspecified atom stereocenters. The molecule has 68 heavy (non-hydrogen) atoms. The van der Waals surface area contributed by atoms with E-state index in [9.17, 15) is 15.0 Å². The number of rotatable bonds is 11. The van der Waals surface area contributed by atoms with Crippen molar-refractivity contribution in [1.82, 2.24) is 73.6 Å². The van der Waals surface area contributed by atoms with Crippen molar-refractivity contribution in [3.05, 3.63) is 129 Å². The molecule has 3 aliphatic rings. The lowest BCUT2D eigenvalue weighted by molar-refractivity contribution is 0.112. The van der Waals surface area contributed by atoms with Crippen LogP contribution in [0.3, 0.4) is 0 Å². The van der Waals surface area contributed by atoms with Gasteiger partial charge in [-0.25, -0.2) is 29.0 Å². The predicted molar refractivity (Wildman–Crippen MR) is 257 cm³/mol. The number of β-amino-alcohol motifs (C(OH)–C–C–N with tert-alkyl or cyclic N) is 2. The smallest absolute Gasteiger partial charge is 0.229 e. The first-order valence-corrected chi connectivity index (χ1v) is 23.3. The molecule has 3 N–H and O–H groups in total. The quantitative estimate of drug-likeness (QED) is 0.0894. The Kier molecular flexibility index (Phi) is 14.2. The van der Waals surface area contributed by atoms with E-state index in [0.717, 1.165) is 96.0 Å². The summed E-state index contributed by atoms with van der Waals surface area (Å²) in [5.74, 6) is 2.39. The van der Waals surface area contributed by atoms with E-state index < -0.39 is 0 Å². The van der Waals surface area contributed by atoms with E-state index in [-0.39, 0.29) is 22.8 Å². The molecule has 0 amide bonds. The molecule has 0 spiro atoms. The zero-order valence-electron chi connectivity index (χ0n) is 37.5. The highest BCUT2D eigenvalue weighted by Crippen LogP contribution is 2.41. The number of halogens is 3. The molecule has 1 aliphatic carbocycles. The molecule has 0 bridgehead atoms. The Balaban J connectivity index is 0.000000140. The van der Waals surface area contributed by atoms with Gasteiger partial charge in [0, 0.05) is 135 Å². The average Bonchev–Trinajstić information content (AvgIpc) is 3.78. The van der Waals surface area contributed by atoms with E-state index in [0.29, 0.717) is 47.2 Å². The highest BCUT2D eigenvalue weighted by atomic mass is 35.5. The summed E-state index contributed by atoms with van der Waals surface area (Å²) >= 11 is 17.9. The van der Waals surface area contributed by atoms with Gasteiger partial charge in [-0.05, 0) is 87.9 Å². The Labute approximate surface area is 406 Å². The number of aryl methyl sites for hydroxylation is 3. The van der Waals surface area contributed by atoms with Crippen LogP contribution in [0.2, 0.25) is 15.6 Å². The van der Waals surface area contributed by atoms with E-state index in [2.05, 4.69) is 70.9 Å². The van der Waals surface area contributed by atoms with E-state index in [4.69, 9.17) is 34.8 Å². The second kappa shape index (κ2) is 20.6. The Morgan fingerprint density at radius 2 is 1.19 bits per heavy atom. The van der Waals surface area contributed by atoms with Gasteiger partial charge < -0.3 is 20.1 Å². The molecule has 19 nitrogen and oxygen atoms in total. The van der Waals surface area contributed by atoms with Crippen molar-refractivity contribution >= 4 is 63.6 Å². The molecular formula is C46H49Cl3N16O3. The molecule has 22 heteroatoms. The molecule has 9 heterocycles. The SMILES string of the molecule is Cc1nn(-c2ccnc(Cl)n2)cc1C=O.Cc1nn(-c2ccnc(Cl)n2)cc1CN1CC[C@@H](O)C1.Cc1nn(-c2ccnc(Nc3ccc4c(c3)c(Cl)cn4C3CC3)n2)cc1CN1CC[C@@H](O)C1. The summed E-state index contributed by atoms with van der Waals surface area (Å²) in [4.78, 5) is 39.9. The minimum atomic E-state index is -0.225. The molecule has 8 aromatic rings. The van der Waals surface area contributed by atoms with E-state index in [1.165, 1.54) is 23.7 Å². The lowest BCUT2D eigenvalue weighted by atomic mass is 10.2. The van der Waals surface area contributed by atoms with Crippen molar-refractivity contribution in [2.24, 2.45) is 0 Å². The molecule has 1 saturated carbocycles. The number of fused-ring (bicyclic) bond motifs is 1. The molecule has 2 saturated heterocycles. The lowest BCUT2D eigenvalue weighted by Crippen LogP contribution is -2.21. The van der Waals surface area contributed by atoms with Crippen molar-refractivity contribution < 1.29 is 15.0 Å². The third-order valence-electron chi connectivity index (χ3n) is 11.9. The summed E-state index contributed by atoms with van der Waals surface area (Å²) in [5, 5.41) is 38.1. The zero-order chi connectivity index (χ0) is 47.5. The topological polar surface area (TPSA) is 212 Å². The van der Waals surface area contributed by atoms with Crippen LogP contribution in [0, 0.1) is 20.8 Å². The van der Waals surface area contributed by atoms with Gasteiger partial charge in [0.1, 0.15) is 0 Å². The fourth-order valence-electron chi connectivity index (χ4n) is 8.16. The first-order valence-electron chi connectivity index (χ1n) is 22.2. The van der Waals surface area contributed by atoms with Crippen molar-refractivity contribution in [3.63, 3.8) is 0 Å². The standard InChI is InChI=1S/C24H26ClN7O.C13H16ClN5O.C9H7ClN4O/c1-15-16(11-30-9-7-19(33)13-30)12-32(29-15)23-6-8-26-24(28-23)27-17-2-5-22-20(10-17)21(25)14-31(22)18-3-4-18;1-9-10(6-18-5-3-11(20)8-18)7-19(17-9)12-2-4-15-13(14)16-12;1-6-7(5-15)4-14(13-6)8-2-3-11-9(10)12-8/h2,5-6,8,10,12,14,18-19,33H,3-4,7,9,11,13H2,1H3,(H,26,27,28);2,4,7,11,20H,3,5-6,8H2,1H3;2-5H,1H3/t19-;11-;/m11./s1. The number of carbonyl (C=O) groups excluding carboxylic acids is 1. The maximum Gasteiger partial charge on any atom is 0.229 e. The Morgan fingerprint density at radius 3 is 1.69 bits per heavy atom. The van der Waals surface area contributed by atoms with Crippen LogP contribution in [0.15, 0.2) is 79.8 Å². The minimum absolute atomic E-state index is 0.147. The van der Waals surface area contributed by atoms with Gasteiger partial charge in [-0.1, -0.05) is 11.6 Å². The molecule has 1 aromatic carbocycles. The van der Waals surface area contributed by atoms with Crippen molar-refractivity contribution in [2.45, 2.75) is 77.8 Å². The van der Waals surface area contributed by atoms with Gasteiger partial charge in [-0.2, -0.15) is 30.2 Å². The number of anilines is 2. The molecule has 2 atom stereocenters. The number of nitrogens with zero attached hydrogens (tertiary/aromatic N) is 15. The monoisotopic (exact) mass is 978 g/mol. The Hall–Kier alpha value is -6.19. The number of aldehydes is 1. The van der Waals surface area contributed by atoms with E-state index in [1.807, 2.05) is 50.6 Å². The normalized spacial score (nSPS) is 17.2. The first-order chi connectivity index (χ1) is 32.8. The second-order valence-corrected chi connectivity index (χ2v) is 18.1. The summed E-state index contributed by atoms with van der Waals surface area (Å²) in [6.45, 7) is 10.6. The maximum absolute atomic E-state index is 10.6. The molecule has 7 aromatic heterocycles. The number of aliphatic hydroxyl groups is 2. The third-order valence-corrected chi connectivity index (χ3v) is 12.6. The van der Waals surface area contributed by atoms with Crippen LogP contribution in [-0.2, 0) is 13.1 Å². The van der Waals surface area contributed by atoms with Gasteiger partial charge in [0.15, 0.2) is 23.7 Å². The molecule has 2 aliphatic heterocycles. The van der Waals surface area contributed by atoms with Gasteiger partial charge in [0.05, 0.1) is 39.9 Å². The van der Waals surface area contributed by atoms with E-state index in [1.54, 1.807) is 47.0 Å². The van der Waals surface area contributed by atoms with Gasteiger partial charge in [0.2, 0.25) is 16.5 Å². The average molecular weight is 980 g/mol. The number of likely N-dealkylation sites (tertiary alicyclic amines) is 2. The summed E-state index contributed by atoms with van der Waals surface area (Å²) in [6.07, 6.45) is 16.9. The highest BCUT2D eigenvalue weighted by molar-refractivity contribution is 6.35. The van der Waals surface area contributed by atoms with Gasteiger partial charge in [0.25, 0.3) is 0 Å². The summed E-state index contributed by atoms with van der Waals surface area (Å²) in [6, 6.07) is 12.0. The van der Waals surface area contributed by atoms with E-state index >= 15 is 0 Å². The number of hydrogen-bond acceptors (Lipinski definition) is 15. The number of hydrogen-bond donors (Lipinski definition) is 3. The van der Waals surface area contributed by atoms with Gasteiger partial charge >= 0.3 is 0 Å². The predicted octanol–water partition coefficient (Wildman–Crippen LogP) is 6.85. The Bertz CT molecular complexity index is 3060. The summed E-state index contributed by atoms with van der Waals surface area (Å²) in [5.41, 5.74) is 7.43. The minimum Gasteiger partial charge on any atom is -0.392 e. The van der Waals surface area contributed by atoms with Crippen LogP contribution in [-0.4, -0.2) is 128 Å². The Morgan fingerprint density at radius 1 is 0.662 bits per heavy atom. The molecule has 3 fully saturated rings. The third kappa shape index (κ3) is 11.2. The first kappa shape index (κ1) is 46.9. The summed E-state index contributed by atoms with van der Waals surface area (Å²) < 4.78 is 7.27. The summed E-state index contributed by atoms with van der Waals surface area (Å²) in [7, 11) is 0. The zero-order valence-corrected chi connectivity index (χ0v) is 39.8. The van der Waals surface area contributed by atoms with Crippen LogP contribution in [0.4, 0.5) is 11.6 Å². The largest absolute Gasteiger partial charge is 0.392 e. The highest BCUT2D eigenvalue weighted by Gasteiger charge is 2.26. The fraction of sp³-hybridized carbons (Fsp3) is 0.348. The molecule has 352 valence electrons. The van der Waals surface area contributed by atoms with Crippen molar-refractivity contribution in [1.29, 1.82) is 0 Å².